The lowest BCUT2D eigenvalue weighted by atomic mass is 10.0. The minimum atomic E-state index is -0.0365. The number of rotatable bonds is 6. The van der Waals surface area contributed by atoms with Gasteiger partial charge in [-0.2, -0.15) is 0 Å². The first-order chi connectivity index (χ1) is 15.2. The van der Waals surface area contributed by atoms with Crippen LogP contribution in [-0.4, -0.2) is 78.4 Å². The summed E-state index contributed by atoms with van der Waals surface area (Å²) in [6, 6.07) is 19.9. The molecule has 2 heterocycles. The van der Waals surface area contributed by atoms with Crippen molar-refractivity contribution in [3.05, 3.63) is 71.8 Å². The number of nitrogens with one attached hydrogen (secondary N) is 1. The predicted molar refractivity (Wildman–Crippen MR) is 122 cm³/mol. The van der Waals surface area contributed by atoms with Crippen LogP contribution in [0.2, 0.25) is 0 Å². The van der Waals surface area contributed by atoms with E-state index in [9.17, 15) is 9.59 Å². The van der Waals surface area contributed by atoms with Gasteiger partial charge in [0.25, 0.3) is 5.91 Å². The summed E-state index contributed by atoms with van der Waals surface area (Å²) in [5.74, 6) is 0.0168. The van der Waals surface area contributed by atoms with Gasteiger partial charge in [0.05, 0.1) is 0 Å². The van der Waals surface area contributed by atoms with E-state index in [2.05, 4.69) is 34.5 Å². The van der Waals surface area contributed by atoms with Crippen LogP contribution in [0.4, 0.5) is 0 Å². The molecule has 0 aromatic heterocycles. The van der Waals surface area contributed by atoms with Crippen molar-refractivity contribution in [3.63, 3.8) is 0 Å². The molecular formula is C25H32N4O2. The van der Waals surface area contributed by atoms with Crippen molar-refractivity contribution in [3.8, 4) is 0 Å². The number of hydrogen-bond acceptors (Lipinski definition) is 4. The highest BCUT2D eigenvalue weighted by Crippen LogP contribution is 2.21. The standard InChI is InChI=1S/C25H32N4O2/c30-24(28-17-13-26-14-18-28)20-29(25(31)22-9-5-2-6-10-22)23-11-15-27(16-12-23)19-21-7-3-1-4-8-21/h1-10,23,26H,11-20H2. The first-order valence-electron chi connectivity index (χ1n) is 11.3. The van der Waals surface area contributed by atoms with Crippen LogP contribution in [0.15, 0.2) is 60.7 Å². The van der Waals surface area contributed by atoms with Crippen LogP contribution < -0.4 is 5.32 Å². The molecule has 2 saturated heterocycles. The minimum absolute atomic E-state index is 0.0365. The van der Waals surface area contributed by atoms with E-state index >= 15 is 0 Å². The van der Waals surface area contributed by atoms with Gasteiger partial charge in [0.2, 0.25) is 5.91 Å². The summed E-state index contributed by atoms with van der Waals surface area (Å²) in [6.45, 7) is 6.01. The molecule has 2 fully saturated rings. The molecule has 164 valence electrons. The van der Waals surface area contributed by atoms with Gasteiger partial charge in [-0.3, -0.25) is 14.5 Å². The molecule has 4 rings (SSSR count). The zero-order chi connectivity index (χ0) is 21.5. The van der Waals surface area contributed by atoms with Gasteiger partial charge in [0.1, 0.15) is 6.54 Å². The molecular weight excluding hydrogens is 388 g/mol. The van der Waals surface area contributed by atoms with Gasteiger partial charge in [-0.05, 0) is 30.5 Å². The quantitative estimate of drug-likeness (QED) is 0.779. The maximum Gasteiger partial charge on any atom is 0.254 e. The summed E-state index contributed by atoms with van der Waals surface area (Å²) < 4.78 is 0. The number of carbonyl (C=O) groups excluding carboxylic acids is 2. The van der Waals surface area contributed by atoms with Crippen molar-refractivity contribution in [2.24, 2.45) is 0 Å². The predicted octanol–water partition coefficient (Wildman–Crippen LogP) is 2.23. The molecule has 0 bridgehead atoms. The highest BCUT2D eigenvalue weighted by atomic mass is 16.2. The molecule has 0 atom stereocenters. The fourth-order valence-electron chi connectivity index (χ4n) is 4.50. The Balaban J connectivity index is 1.42. The van der Waals surface area contributed by atoms with Gasteiger partial charge in [-0.1, -0.05) is 48.5 Å². The van der Waals surface area contributed by atoms with E-state index in [1.165, 1.54) is 5.56 Å². The molecule has 0 aliphatic carbocycles. The Labute approximate surface area is 184 Å². The molecule has 2 aliphatic heterocycles. The van der Waals surface area contributed by atoms with Gasteiger partial charge in [0.15, 0.2) is 0 Å². The number of hydrogen-bond donors (Lipinski definition) is 1. The smallest absolute Gasteiger partial charge is 0.254 e. The van der Waals surface area contributed by atoms with Crippen LogP contribution in [0.1, 0.15) is 28.8 Å². The van der Waals surface area contributed by atoms with Gasteiger partial charge >= 0.3 is 0 Å². The summed E-state index contributed by atoms with van der Waals surface area (Å²) in [4.78, 5) is 32.5. The third kappa shape index (κ3) is 5.71. The van der Waals surface area contributed by atoms with E-state index in [4.69, 9.17) is 0 Å². The largest absolute Gasteiger partial charge is 0.339 e. The van der Waals surface area contributed by atoms with Crippen LogP contribution in [-0.2, 0) is 11.3 Å². The van der Waals surface area contributed by atoms with E-state index in [-0.39, 0.29) is 24.4 Å². The van der Waals surface area contributed by atoms with Crippen molar-refractivity contribution in [2.75, 3.05) is 45.8 Å². The van der Waals surface area contributed by atoms with Gasteiger partial charge < -0.3 is 15.1 Å². The van der Waals surface area contributed by atoms with Crippen LogP contribution in [0.5, 0.6) is 0 Å². The van der Waals surface area contributed by atoms with Crippen molar-refractivity contribution in [2.45, 2.75) is 25.4 Å². The Bertz CT molecular complexity index is 844. The lowest BCUT2D eigenvalue weighted by Gasteiger charge is -2.39. The lowest BCUT2D eigenvalue weighted by molar-refractivity contribution is -0.133. The summed E-state index contributed by atoms with van der Waals surface area (Å²) in [6.07, 6.45) is 1.78. The Morgan fingerprint density at radius 1 is 0.871 bits per heavy atom. The molecule has 2 amide bonds. The second-order valence-electron chi connectivity index (χ2n) is 8.42. The molecule has 0 spiro atoms. The van der Waals surface area contributed by atoms with Crippen molar-refractivity contribution < 1.29 is 9.59 Å². The van der Waals surface area contributed by atoms with Crippen molar-refractivity contribution in [1.82, 2.24) is 20.0 Å². The first kappa shape index (κ1) is 21.5. The SMILES string of the molecule is O=C(CN(C(=O)c1ccccc1)C1CCN(Cc2ccccc2)CC1)N1CCNCC1. The second-order valence-corrected chi connectivity index (χ2v) is 8.42. The zero-order valence-electron chi connectivity index (χ0n) is 18.1. The summed E-state index contributed by atoms with van der Waals surface area (Å²) in [5.41, 5.74) is 1.97. The maximum absolute atomic E-state index is 13.4. The third-order valence-corrected chi connectivity index (χ3v) is 6.30. The number of piperazine rings is 1. The van der Waals surface area contributed by atoms with Gasteiger partial charge in [-0.15, -0.1) is 0 Å². The Hall–Kier alpha value is -2.70. The molecule has 0 saturated carbocycles. The highest BCUT2D eigenvalue weighted by Gasteiger charge is 2.31. The maximum atomic E-state index is 13.4. The number of benzene rings is 2. The van der Waals surface area contributed by atoms with Crippen LogP contribution in [0.25, 0.3) is 0 Å². The number of amides is 2. The van der Waals surface area contributed by atoms with Crippen LogP contribution >= 0.6 is 0 Å². The first-order valence-corrected chi connectivity index (χ1v) is 11.3. The molecule has 2 aromatic rings. The van der Waals surface area contributed by atoms with E-state index in [0.717, 1.165) is 45.6 Å². The van der Waals surface area contributed by atoms with E-state index in [1.807, 2.05) is 46.2 Å². The fraction of sp³-hybridized carbons (Fsp3) is 0.440. The minimum Gasteiger partial charge on any atom is -0.339 e. The second kappa shape index (κ2) is 10.6. The highest BCUT2D eigenvalue weighted by molar-refractivity contribution is 5.96. The molecule has 0 unspecified atom stereocenters. The Kier molecular flexibility index (Phi) is 7.33. The van der Waals surface area contributed by atoms with E-state index in [0.29, 0.717) is 18.7 Å². The number of piperidine rings is 1. The van der Waals surface area contributed by atoms with Gasteiger partial charge in [0, 0.05) is 57.4 Å². The molecule has 6 heteroatoms. The number of nitrogens with zero attached hydrogens (tertiary/aromatic N) is 3. The summed E-state index contributed by atoms with van der Waals surface area (Å²) >= 11 is 0. The molecule has 31 heavy (non-hydrogen) atoms. The number of likely N-dealkylation sites (tertiary alicyclic amines) is 1. The molecule has 2 aliphatic rings. The molecule has 2 aromatic carbocycles. The third-order valence-electron chi connectivity index (χ3n) is 6.30. The van der Waals surface area contributed by atoms with E-state index in [1.54, 1.807) is 0 Å². The Morgan fingerprint density at radius 3 is 2.13 bits per heavy atom. The van der Waals surface area contributed by atoms with Crippen molar-refractivity contribution in [1.29, 1.82) is 0 Å². The molecule has 0 radical (unpaired) electrons. The lowest BCUT2D eigenvalue weighted by Crippen LogP contribution is -2.54. The van der Waals surface area contributed by atoms with Crippen molar-refractivity contribution >= 4 is 11.8 Å². The number of carbonyl (C=O) groups is 2. The summed E-state index contributed by atoms with van der Waals surface area (Å²) in [5, 5.41) is 3.28. The molecule has 6 nitrogen and oxygen atoms in total. The zero-order valence-corrected chi connectivity index (χ0v) is 18.1. The fourth-order valence-corrected chi connectivity index (χ4v) is 4.50. The van der Waals surface area contributed by atoms with Crippen LogP contribution in [0.3, 0.4) is 0 Å². The molecule has 1 N–H and O–H groups in total. The van der Waals surface area contributed by atoms with Gasteiger partial charge in [-0.25, -0.2) is 0 Å². The monoisotopic (exact) mass is 420 g/mol. The topological polar surface area (TPSA) is 55.9 Å². The van der Waals surface area contributed by atoms with E-state index < -0.39 is 0 Å². The Morgan fingerprint density at radius 2 is 1.48 bits per heavy atom. The average Bonchev–Trinajstić information content (AvgIpc) is 2.84. The summed E-state index contributed by atoms with van der Waals surface area (Å²) in [7, 11) is 0. The van der Waals surface area contributed by atoms with Crippen LogP contribution in [0, 0.1) is 0 Å². The normalized spacial score (nSPS) is 18.0. The average molecular weight is 421 g/mol.